The third-order valence-electron chi connectivity index (χ3n) is 4.22. The van der Waals surface area contributed by atoms with Gasteiger partial charge in [-0.25, -0.2) is 9.07 Å². The lowest BCUT2D eigenvalue weighted by Gasteiger charge is -2.12. The monoisotopic (exact) mass is 351 g/mol. The standard InChI is InChI=1S/C21H22FN3O/c1-16(14-17-6-5-7-18(22)15-17)21(26)23-12-10-19-11-13-25(24-19)20-8-3-2-4-9-20/h2-9,11,13,15-16H,10,12,14H2,1H3,(H,23,26). The van der Waals surface area contributed by atoms with Crippen LogP contribution < -0.4 is 5.32 Å². The number of nitrogens with one attached hydrogen (secondary N) is 1. The lowest BCUT2D eigenvalue weighted by Crippen LogP contribution is -2.32. The number of halogens is 1. The van der Waals surface area contributed by atoms with E-state index in [1.165, 1.54) is 12.1 Å². The van der Waals surface area contributed by atoms with Crippen LogP contribution >= 0.6 is 0 Å². The molecule has 1 atom stereocenters. The summed E-state index contributed by atoms with van der Waals surface area (Å²) in [4.78, 5) is 12.2. The van der Waals surface area contributed by atoms with Crippen LogP contribution in [0.3, 0.4) is 0 Å². The molecule has 1 amide bonds. The van der Waals surface area contributed by atoms with Crippen molar-refractivity contribution in [2.45, 2.75) is 19.8 Å². The van der Waals surface area contributed by atoms with Gasteiger partial charge in [0.2, 0.25) is 5.91 Å². The summed E-state index contributed by atoms with van der Waals surface area (Å²) in [7, 11) is 0. The minimum Gasteiger partial charge on any atom is -0.355 e. The molecule has 2 aromatic carbocycles. The Bertz CT molecular complexity index is 860. The molecule has 0 fully saturated rings. The van der Waals surface area contributed by atoms with Gasteiger partial charge in [-0.2, -0.15) is 5.10 Å². The maximum Gasteiger partial charge on any atom is 0.223 e. The molecule has 1 aromatic heterocycles. The predicted molar refractivity (Wildman–Crippen MR) is 99.5 cm³/mol. The molecule has 0 spiro atoms. The Morgan fingerprint density at radius 2 is 1.96 bits per heavy atom. The molecule has 1 N–H and O–H groups in total. The second kappa shape index (κ2) is 8.43. The van der Waals surface area contributed by atoms with E-state index in [0.717, 1.165) is 16.9 Å². The van der Waals surface area contributed by atoms with Gasteiger partial charge >= 0.3 is 0 Å². The quantitative estimate of drug-likeness (QED) is 0.708. The fraction of sp³-hybridized carbons (Fsp3) is 0.238. The van der Waals surface area contributed by atoms with Gasteiger partial charge in [0, 0.05) is 25.1 Å². The van der Waals surface area contributed by atoms with Crippen molar-refractivity contribution in [1.29, 1.82) is 0 Å². The summed E-state index contributed by atoms with van der Waals surface area (Å²) in [6, 6.07) is 18.2. The van der Waals surface area contributed by atoms with Gasteiger partial charge in [0.25, 0.3) is 0 Å². The minimum absolute atomic E-state index is 0.0308. The zero-order valence-electron chi connectivity index (χ0n) is 14.7. The smallest absolute Gasteiger partial charge is 0.223 e. The van der Waals surface area contributed by atoms with Gasteiger partial charge < -0.3 is 5.32 Å². The highest BCUT2D eigenvalue weighted by Crippen LogP contribution is 2.11. The summed E-state index contributed by atoms with van der Waals surface area (Å²) in [6.07, 6.45) is 3.10. The van der Waals surface area contributed by atoms with Crippen molar-refractivity contribution < 1.29 is 9.18 Å². The first-order valence-corrected chi connectivity index (χ1v) is 8.74. The third kappa shape index (κ3) is 4.79. The molecule has 4 nitrogen and oxygen atoms in total. The van der Waals surface area contributed by atoms with Crippen molar-refractivity contribution in [2.75, 3.05) is 6.54 Å². The van der Waals surface area contributed by atoms with Gasteiger partial charge in [0.15, 0.2) is 0 Å². The SMILES string of the molecule is CC(Cc1cccc(F)c1)C(=O)NCCc1ccn(-c2ccccc2)n1. The largest absolute Gasteiger partial charge is 0.355 e. The van der Waals surface area contributed by atoms with Gasteiger partial charge in [-0.1, -0.05) is 37.3 Å². The Morgan fingerprint density at radius 1 is 1.15 bits per heavy atom. The van der Waals surface area contributed by atoms with Crippen LogP contribution in [0.4, 0.5) is 4.39 Å². The average Bonchev–Trinajstić information content (AvgIpc) is 3.11. The molecule has 26 heavy (non-hydrogen) atoms. The van der Waals surface area contributed by atoms with Crippen LogP contribution in [0.15, 0.2) is 66.9 Å². The Hall–Kier alpha value is -2.95. The second-order valence-corrected chi connectivity index (χ2v) is 6.36. The van der Waals surface area contributed by atoms with Gasteiger partial charge in [-0.15, -0.1) is 0 Å². The van der Waals surface area contributed by atoms with Crippen molar-refractivity contribution in [2.24, 2.45) is 5.92 Å². The number of benzene rings is 2. The molecule has 0 aliphatic carbocycles. The summed E-state index contributed by atoms with van der Waals surface area (Å²) >= 11 is 0. The number of amides is 1. The molecule has 5 heteroatoms. The number of nitrogens with zero attached hydrogens (tertiary/aromatic N) is 2. The summed E-state index contributed by atoms with van der Waals surface area (Å²) in [6.45, 7) is 2.38. The Labute approximate surface area is 152 Å². The summed E-state index contributed by atoms with van der Waals surface area (Å²) in [5.74, 6) is -0.514. The molecule has 134 valence electrons. The van der Waals surface area contributed by atoms with Crippen LogP contribution in [0.1, 0.15) is 18.2 Å². The van der Waals surface area contributed by atoms with Crippen LogP contribution in [0.2, 0.25) is 0 Å². The van der Waals surface area contributed by atoms with Crippen LogP contribution in [0.25, 0.3) is 5.69 Å². The first kappa shape index (κ1) is 17.9. The highest BCUT2D eigenvalue weighted by molar-refractivity contribution is 5.78. The van der Waals surface area contributed by atoms with E-state index < -0.39 is 0 Å². The molecule has 0 radical (unpaired) electrons. The van der Waals surface area contributed by atoms with Gasteiger partial charge in [0.05, 0.1) is 11.4 Å². The van der Waals surface area contributed by atoms with Crippen molar-refractivity contribution in [1.82, 2.24) is 15.1 Å². The highest BCUT2D eigenvalue weighted by Gasteiger charge is 2.13. The number of hydrogen-bond donors (Lipinski definition) is 1. The lowest BCUT2D eigenvalue weighted by atomic mass is 10.0. The van der Waals surface area contributed by atoms with E-state index in [0.29, 0.717) is 19.4 Å². The van der Waals surface area contributed by atoms with Crippen molar-refractivity contribution >= 4 is 5.91 Å². The molecule has 3 rings (SSSR count). The van der Waals surface area contributed by atoms with E-state index in [1.54, 1.807) is 6.07 Å². The first-order chi connectivity index (χ1) is 12.6. The van der Waals surface area contributed by atoms with Gasteiger partial charge in [-0.3, -0.25) is 4.79 Å². The zero-order valence-corrected chi connectivity index (χ0v) is 14.7. The number of hydrogen-bond acceptors (Lipinski definition) is 2. The second-order valence-electron chi connectivity index (χ2n) is 6.36. The molecule has 0 aliphatic heterocycles. The van der Waals surface area contributed by atoms with E-state index in [2.05, 4.69) is 10.4 Å². The maximum atomic E-state index is 13.2. The van der Waals surface area contributed by atoms with Gasteiger partial charge in [-0.05, 0) is 42.3 Å². The Morgan fingerprint density at radius 3 is 2.73 bits per heavy atom. The number of rotatable bonds is 7. The van der Waals surface area contributed by atoms with Crippen LogP contribution in [-0.4, -0.2) is 22.2 Å². The van der Waals surface area contributed by atoms with E-state index in [9.17, 15) is 9.18 Å². The lowest BCUT2D eigenvalue weighted by molar-refractivity contribution is -0.124. The number of carbonyl (C=O) groups is 1. The molecule has 1 heterocycles. The normalized spacial score (nSPS) is 11.9. The predicted octanol–water partition coefficient (Wildman–Crippen LogP) is 3.55. The molecular formula is C21H22FN3O. The molecule has 0 bridgehead atoms. The van der Waals surface area contributed by atoms with Crippen LogP contribution in [0, 0.1) is 11.7 Å². The van der Waals surface area contributed by atoms with E-state index in [-0.39, 0.29) is 17.6 Å². The minimum atomic E-state index is -0.274. The molecular weight excluding hydrogens is 329 g/mol. The zero-order chi connectivity index (χ0) is 18.4. The fourth-order valence-corrected chi connectivity index (χ4v) is 2.82. The van der Waals surface area contributed by atoms with E-state index >= 15 is 0 Å². The molecule has 0 saturated carbocycles. The van der Waals surface area contributed by atoms with Crippen molar-refractivity contribution in [3.8, 4) is 5.69 Å². The highest BCUT2D eigenvalue weighted by atomic mass is 19.1. The van der Waals surface area contributed by atoms with E-state index in [1.807, 2.05) is 60.3 Å². The number of aromatic nitrogens is 2. The Kier molecular flexibility index (Phi) is 5.79. The number of para-hydroxylation sites is 1. The molecule has 1 unspecified atom stereocenters. The summed E-state index contributed by atoms with van der Waals surface area (Å²) in [5, 5.41) is 7.46. The fourth-order valence-electron chi connectivity index (χ4n) is 2.82. The summed E-state index contributed by atoms with van der Waals surface area (Å²) in [5.41, 5.74) is 2.76. The average molecular weight is 351 g/mol. The maximum absolute atomic E-state index is 13.2. The first-order valence-electron chi connectivity index (χ1n) is 8.74. The summed E-state index contributed by atoms with van der Waals surface area (Å²) < 4.78 is 15.0. The van der Waals surface area contributed by atoms with Crippen LogP contribution in [0.5, 0.6) is 0 Å². The van der Waals surface area contributed by atoms with Crippen molar-refractivity contribution in [3.63, 3.8) is 0 Å². The Balaban J connectivity index is 1.47. The third-order valence-corrected chi connectivity index (χ3v) is 4.22. The topological polar surface area (TPSA) is 46.9 Å². The van der Waals surface area contributed by atoms with E-state index in [4.69, 9.17) is 0 Å². The molecule has 3 aromatic rings. The van der Waals surface area contributed by atoms with Crippen LogP contribution in [-0.2, 0) is 17.6 Å². The van der Waals surface area contributed by atoms with Crippen molar-refractivity contribution in [3.05, 3.63) is 83.9 Å². The molecule has 0 aliphatic rings. The van der Waals surface area contributed by atoms with Gasteiger partial charge in [0.1, 0.15) is 5.82 Å². The molecule has 0 saturated heterocycles. The number of carbonyl (C=O) groups excluding carboxylic acids is 1.